The lowest BCUT2D eigenvalue weighted by atomic mass is 9.86. The summed E-state index contributed by atoms with van der Waals surface area (Å²) in [6.45, 7) is 4.05. The molecule has 0 aliphatic carbocycles. The van der Waals surface area contributed by atoms with Gasteiger partial charge >= 0.3 is 0 Å². The number of nitrogens with one attached hydrogen (secondary N) is 1. The number of nitrogens with zero attached hydrogens (tertiary/aromatic N) is 1. The van der Waals surface area contributed by atoms with Crippen LogP contribution in [0.3, 0.4) is 0 Å². The summed E-state index contributed by atoms with van der Waals surface area (Å²) in [4.78, 5) is 14.4. The van der Waals surface area contributed by atoms with Crippen LogP contribution < -0.4 is 5.32 Å². The summed E-state index contributed by atoms with van der Waals surface area (Å²) >= 11 is 3.42. The first-order valence-corrected chi connectivity index (χ1v) is 7.69. The molecule has 3 nitrogen and oxygen atoms in total. The van der Waals surface area contributed by atoms with Crippen molar-refractivity contribution in [2.24, 2.45) is 5.41 Å². The zero-order valence-corrected chi connectivity index (χ0v) is 12.6. The minimum atomic E-state index is 0.270. The maximum absolute atomic E-state index is 12.3. The highest BCUT2D eigenvalue weighted by Crippen LogP contribution is 2.36. The van der Waals surface area contributed by atoms with E-state index < -0.39 is 0 Å². The molecule has 1 atom stereocenters. The first-order chi connectivity index (χ1) is 9.17. The average molecular weight is 323 g/mol. The van der Waals surface area contributed by atoms with Gasteiger partial charge in [0.1, 0.15) is 0 Å². The fourth-order valence-electron chi connectivity index (χ4n) is 3.18. The van der Waals surface area contributed by atoms with E-state index in [1.54, 1.807) is 0 Å². The van der Waals surface area contributed by atoms with E-state index in [1.165, 1.54) is 6.42 Å². The maximum Gasteiger partial charge on any atom is 0.227 e. The summed E-state index contributed by atoms with van der Waals surface area (Å²) in [5, 5.41) is 3.43. The highest BCUT2D eigenvalue weighted by atomic mass is 79.9. The molecule has 2 aliphatic rings. The Balaban J connectivity index is 1.61. The Hall–Kier alpha value is -0.870. The molecule has 0 radical (unpaired) electrons. The topological polar surface area (TPSA) is 32.3 Å². The number of carbonyl (C=O) groups is 1. The number of hydrogen-bond acceptors (Lipinski definition) is 2. The van der Waals surface area contributed by atoms with E-state index in [4.69, 9.17) is 0 Å². The predicted molar refractivity (Wildman–Crippen MR) is 79.0 cm³/mol. The van der Waals surface area contributed by atoms with Gasteiger partial charge in [-0.3, -0.25) is 4.79 Å². The van der Waals surface area contributed by atoms with Gasteiger partial charge in [-0.15, -0.1) is 0 Å². The van der Waals surface area contributed by atoms with Crippen LogP contribution in [-0.4, -0.2) is 37.0 Å². The monoisotopic (exact) mass is 322 g/mol. The lowest BCUT2D eigenvalue weighted by Crippen LogP contribution is -2.34. The van der Waals surface area contributed by atoms with Crippen molar-refractivity contribution in [2.75, 3.05) is 26.2 Å². The Morgan fingerprint density at radius 3 is 2.79 bits per heavy atom. The largest absolute Gasteiger partial charge is 0.342 e. The molecule has 1 spiro atoms. The molecule has 2 heterocycles. The van der Waals surface area contributed by atoms with Crippen molar-refractivity contribution in [3.8, 4) is 0 Å². The number of hydrogen-bond donors (Lipinski definition) is 1. The molecule has 1 aromatic rings. The third kappa shape index (κ3) is 2.84. The van der Waals surface area contributed by atoms with Crippen LogP contribution in [0.15, 0.2) is 28.7 Å². The van der Waals surface area contributed by atoms with Gasteiger partial charge in [-0.2, -0.15) is 0 Å². The summed E-state index contributed by atoms with van der Waals surface area (Å²) in [5.74, 6) is 0.270. The molecule has 4 heteroatoms. The third-order valence-electron chi connectivity index (χ3n) is 4.39. The van der Waals surface area contributed by atoms with E-state index in [2.05, 4.69) is 26.1 Å². The van der Waals surface area contributed by atoms with Crippen molar-refractivity contribution in [3.05, 3.63) is 34.3 Å². The van der Waals surface area contributed by atoms with Crippen molar-refractivity contribution < 1.29 is 4.79 Å². The van der Waals surface area contributed by atoms with Crippen molar-refractivity contribution >= 4 is 21.8 Å². The molecule has 2 fully saturated rings. The summed E-state index contributed by atoms with van der Waals surface area (Å²) in [7, 11) is 0. The molecule has 102 valence electrons. The summed E-state index contributed by atoms with van der Waals surface area (Å²) in [5.41, 5.74) is 1.47. The van der Waals surface area contributed by atoms with Crippen LogP contribution in [-0.2, 0) is 11.2 Å². The fraction of sp³-hybridized carbons (Fsp3) is 0.533. The van der Waals surface area contributed by atoms with Crippen LogP contribution in [0.25, 0.3) is 0 Å². The van der Waals surface area contributed by atoms with Gasteiger partial charge in [-0.05, 0) is 37.1 Å². The Morgan fingerprint density at radius 1 is 1.32 bits per heavy atom. The van der Waals surface area contributed by atoms with Gasteiger partial charge in [0.15, 0.2) is 0 Å². The van der Waals surface area contributed by atoms with Crippen LogP contribution in [0.1, 0.15) is 18.4 Å². The molecule has 0 aromatic heterocycles. The summed E-state index contributed by atoms with van der Waals surface area (Å²) in [6.07, 6.45) is 2.90. The number of halogens is 1. The second-order valence-corrected chi connectivity index (χ2v) is 6.71. The summed E-state index contributed by atoms with van der Waals surface area (Å²) < 4.78 is 1.06. The Bertz CT molecular complexity index is 466. The quantitative estimate of drug-likeness (QED) is 0.905. The normalized spacial score (nSPS) is 26.3. The van der Waals surface area contributed by atoms with Gasteiger partial charge in [-0.25, -0.2) is 0 Å². The molecule has 0 saturated carbocycles. The number of carbonyl (C=O) groups excluding carboxylic acids is 1. The molecule has 1 aromatic carbocycles. The average Bonchev–Trinajstić information content (AvgIpc) is 3.03. The zero-order chi connectivity index (χ0) is 13.3. The van der Waals surface area contributed by atoms with Crippen molar-refractivity contribution in [3.63, 3.8) is 0 Å². The van der Waals surface area contributed by atoms with E-state index in [-0.39, 0.29) is 5.91 Å². The van der Waals surface area contributed by atoms with Gasteiger partial charge in [-0.1, -0.05) is 28.1 Å². The molecule has 0 bridgehead atoms. The highest BCUT2D eigenvalue weighted by molar-refractivity contribution is 9.10. The SMILES string of the molecule is O=C(Cc1ccc(Br)cc1)N1CCC2(CCNC2)C1. The van der Waals surface area contributed by atoms with Crippen molar-refractivity contribution in [2.45, 2.75) is 19.3 Å². The lowest BCUT2D eigenvalue weighted by Gasteiger charge is -2.22. The third-order valence-corrected chi connectivity index (χ3v) is 4.92. The minimum absolute atomic E-state index is 0.270. The fourth-order valence-corrected chi connectivity index (χ4v) is 3.44. The van der Waals surface area contributed by atoms with E-state index >= 15 is 0 Å². The number of likely N-dealkylation sites (tertiary alicyclic amines) is 1. The Labute approximate surface area is 122 Å². The lowest BCUT2D eigenvalue weighted by molar-refractivity contribution is -0.129. The second-order valence-electron chi connectivity index (χ2n) is 5.80. The first-order valence-electron chi connectivity index (χ1n) is 6.90. The number of amides is 1. The summed E-state index contributed by atoms with van der Waals surface area (Å²) in [6, 6.07) is 8.03. The van der Waals surface area contributed by atoms with Crippen LogP contribution in [0.2, 0.25) is 0 Å². The zero-order valence-electron chi connectivity index (χ0n) is 11.0. The molecule has 3 rings (SSSR count). The van der Waals surface area contributed by atoms with Gasteiger partial charge in [0.2, 0.25) is 5.91 Å². The number of rotatable bonds is 2. The van der Waals surface area contributed by atoms with Gasteiger partial charge < -0.3 is 10.2 Å². The second kappa shape index (κ2) is 5.25. The maximum atomic E-state index is 12.3. The van der Waals surface area contributed by atoms with Crippen molar-refractivity contribution in [1.29, 1.82) is 0 Å². The molecule has 2 saturated heterocycles. The predicted octanol–water partition coefficient (Wildman–Crippen LogP) is 2.20. The molecule has 1 unspecified atom stereocenters. The highest BCUT2D eigenvalue weighted by Gasteiger charge is 2.41. The standard InChI is InChI=1S/C15H19BrN2O/c16-13-3-1-12(2-4-13)9-14(19)18-8-6-15(11-18)5-7-17-10-15/h1-4,17H,5-11H2. The van der Waals surface area contributed by atoms with Gasteiger partial charge in [0.05, 0.1) is 6.42 Å². The van der Waals surface area contributed by atoms with Crippen molar-refractivity contribution in [1.82, 2.24) is 10.2 Å². The molecule has 1 N–H and O–H groups in total. The Kier molecular flexibility index (Phi) is 3.63. The van der Waals surface area contributed by atoms with Crippen LogP contribution in [0.4, 0.5) is 0 Å². The molecule has 1 amide bonds. The number of benzene rings is 1. The van der Waals surface area contributed by atoms with Crippen LogP contribution in [0.5, 0.6) is 0 Å². The van der Waals surface area contributed by atoms with E-state index in [0.29, 0.717) is 11.8 Å². The van der Waals surface area contributed by atoms with E-state index in [1.807, 2.05) is 24.3 Å². The molecule has 19 heavy (non-hydrogen) atoms. The van der Waals surface area contributed by atoms with E-state index in [9.17, 15) is 4.79 Å². The van der Waals surface area contributed by atoms with Crippen LogP contribution in [0, 0.1) is 5.41 Å². The first kappa shape index (κ1) is 13.1. The molecular weight excluding hydrogens is 304 g/mol. The van der Waals surface area contributed by atoms with Crippen LogP contribution >= 0.6 is 15.9 Å². The Morgan fingerprint density at radius 2 is 2.11 bits per heavy atom. The molecular formula is C15H19BrN2O. The van der Waals surface area contributed by atoms with Gasteiger partial charge in [0, 0.05) is 29.5 Å². The van der Waals surface area contributed by atoms with E-state index in [0.717, 1.165) is 42.6 Å². The minimum Gasteiger partial charge on any atom is -0.342 e. The smallest absolute Gasteiger partial charge is 0.227 e. The van der Waals surface area contributed by atoms with Gasteiger partial charge in [0.25, 0.3) is 0 Å². The molecule has 2 aliphatic heterocycles.